The van der Waals surface area contributed by atoms with E-state index in [-0.39, 0.29) is 65.8 Å². The smallest absolute Gasteiger partial charge is 0.349 e. The highest BCUT2D eigenvalue weighted by Crippen LogP contribution is 2.55. The summed E-state index contributed by atoms with van der Waals surface area (Å²) < 4.78 is 45.9. The average molecular weight is 709 g/mol. The van der Waals surface area contributed by atoms with Crippen molar-refractivity contribution >= 4 is 14.3 Å². The van der Waals surface area contributed by atoms with Gasteiger partial charge in [0.1, 0.15) is 24.4 Å². The highest BCUT2D eigenvalue weighted by Gasteiger charge is 2.63. The Balaban J connectivity index is 1.14. The molecule has 0 unspecified atom stereocenters. The van der Waals surface area contributed by atoms with Crippen molar-refractivity contribution < 1.29 is 42.4 Å². The molecular formula is C40H56O9Si. The van der Waals surface area contributed by atoms with Crippen molar-refractivity contribution in [2.24, 2.45) is 0 Å². The first-order chi connectivity index (χ1) is 23.8. The number of aliphatic hydroxyl groups excluding tert-OH is 1. The maximum absolute atomic E-state index is 13.6. The van der Waals surface area contributed by atoms with Gasteiger partial charge in [-0.15, -0.1) is 0 Å². The first-order valence-electron chi connectivity index (χ1n) is 18.3. The summed E-state index contributed by atoms with van der Waals surface area (Å²) in [6.45, 7) is 14.8. The normalized spacial score (nSPS) is 33.8. The average Bonchev–Trinajstić information content (AvgIpc) is 3.07. The van der Waals surface area contributed by atoms with Crippen molar-refractivity contribution in [1.82, 2.24) is 0 Å². The van der Waals surface area contributed by atoms with Gasteiger partial charge >= 0.3 is 8.56 Å². The summed E-state index contributed by atoms with van der Waals surface area (Å²) >= 11 is 0. The molecule has 0 aliphatic carbocycles. The van der Waals surface area contributed by atoms with E-state index in [1.807, 2.05) is 72.8 Å². The summed E-state index contributed by atoms with van der Waals surface area (Å²) in [5.74, 6) is -0.0436. The molecule has 0 saturated carbocycles. The van der Waals surface area contributed by atoms with Crippen molar-refractivity contribution in [3.05, 3.63) is 83.9 Å². The number of carbonyl (C=O) groups excluding carboxylic acids is 1. The van der Waals surface area contributed by atoms with Crippen LogP contribution >= 0.6 is 0 Å². The van der Waals surface area contributed by atoms with Crippen LogP contribution in [0.4, 0.5) is 0 Å². The predicted octanol–water partition coefficient (Wildman–Crippen LogP) is 6.60. The third kappa shape index (κ3) is 8.51. The standard InChI is InChI=1S/C40H56O9Si/c1-39(2,3)50(40(4,5)6)45-26-38-36(49-50)22-35-31(46-38)19-13-18-29(41)32(47-35)21-33-30(42)20-34(44-24-28-16-11-8-12-17-28)37(48-33)25-43-23-27-14-9-7-10-15-27/h7-17,19,30-38,42H,18,20-26H2,1-6H3/b19-13-/t30-,31-,32-,33+,34+,35+,36-,37-,38+/m0/s1. The van der Waals surface area contributed by atoms with Crippen LogP contribution in [0.2, 0.25) is 10.1 Å². The molecule has 9 atom stereocenters. The number of ketones is 1. The van der Waals surface area contributed by atoms with E-state index in [4.69, 9.17) is 32.5 Å². The van der Waals surface area contributed by atoms with E-state index in [2.05, 4.69) is 41.5 Å². The minimum Gasteiger partial charge on any atom is -0.391 e. The molecule has 0 aromatic heterocycles. The Labute approximate surface area is 298 Å². The number of allylic oxidation sites excluding steroid dienone is 1. The molecule has 0 amide bonds. The molecule has 50 heavy (non-hydrogen) atoms. The molecule has 10 heteroatoms. The number of hydrogen-bond donors (Lipinski definition) is 1. The molecule has 2 aromatic carbocycles. The summed E-state index contributed by atoms with van der Waals surface area (Å²) in [5.41, 5.74) is 2.10. The molecule has 1 N–H and O–H groups in total. The van der Waals surface area contributed by atoms with Crippen molar-refractivity contribution in [2.75, 3.05) is 13.2 Å². The summed E-state index contributed by atoms with van der Waals surface area (Å²) in [7, 11) is -2.72. The molecule has 3 fully saturated rings. The van der Waals surface area contributed by atoms with Gasteiger partial charge in [0.15, 0.2) is 5.78 Å². The second-order valence-corrected chi connectivity index (χ2v) is 21.1. The van der Waals surface area contributed by atoms with Gasteiger partial charge in [-0.2, -0.15) is 0 Å². The maximum atomic E-state index is 13.6. The number of aliphatic hydroxyl groups is 1. The van der Waals surface area contributed by atoms with Crippen LogP contribution in [-0.4, -0.2) is 87.6 Å². The lowest BCUT2D eigenvalue weighted by molar-refractivity contribution is -0.225. The van der Waals surface area contributed by atoms with Crippen LogP contribution in [0.25, 0.3) is 0 Å². The van der Waals surface area contributed by atoms with Gasteiger partial charge in [-0.3, -0.25) is 4.79 Å². The highest BCUT2D eigenvalue weighted by molar-refractivity contribution is 6.73. The van der Waals surface area contributed by atoms with Crippen LogP contribution in [0, 0.1) is 0 Å². The van der Waals surface area contributed by atoms with E-state index in [0.29, 0.717) is 32.7 Å². The Hall–Kier alpha value is -2.25. The summed E-state index contributed by atoms with van der Waals surface area (Å²) in [4.78, 5) is 13.6. The molecule has 274 valence electrons. The minimum atomic E-state index is -2.72. The largest absolute Gasteiger partial charge is 0.391 e. The van der Waals surface area contributed by atoms with Crippen LogP contribution < -0.4 is 0 Å². The van der Waals surface area contributed by atoms with E-state index in [0.717, 1.165) is 11.1 Å². The fraction of sp³-hybridized carbons (Fsp3) is 0.625. The highest BCUT2D eigenvalue weighted by atomic mass is 28.4. The van der Waals surface area contributed by atoms with Gasteiger partial charge < -0.3 is 37.6 Å². The molecule has 4 aliphatic rings. The van der Waals surface area contributed by atoms with Gasteiger partial charge in [-0.05, 0) is 11.1 Å². The summed E-state index contributed by atoms with van der Waals surface area (Å²) in [5, 5.41) is 11.1. The Bertz CT molecular complexity index is 1410. The lowest BCUT2D eigenvalue weighted by Gasteiger charge is -2.56. The number of fused-ring (bicyclic) bond motifs is 2. The minimum absolute atomic E-state index is 0.0436. The van der Waals surface area contributed by atoms with E-state index >= 15 is 0 Å². The molecule has 3 saturated heterocycles. The predicted molar refractivity (Wildman–Crippen MR) is 192 cm³/mol. The van der Waals surface area contributed by atoms with E-state index in [1.165, 1.54) is 0 Å². The third-order valence-corrected chi connectivity index (χ3v) is 15.6. The monoisotopic (exact) mass is 708 g/mol. The van der Waals surface area contributed by atoms with Crippen LogP contribution in [0.1, 0.15) is 78.4 Å². The van der Waals surface area contributed by atoms with E-state index in [9.17, 15) is 9.90 Å². The Morgan fingerprint density at radius 1 is 0.800 bits per heavy atom. The van der Waals surface area contributed by atoms with Gasteiger partial charge in [0.25, 0.3) is 0 Å². The number of hydrogen-bond acceptors (Lipinski definition) is 9. The molecule has 0 bridgehead atoms. The molecule has 6 rings (SSSR count). The summed E-state index contributed by atoms with van der Waals surface area (Å²) in [6, 6.07) is 19.9. The number of rotatable bonds is 9. The second-order valence-electron chi connectivity index (χ2n) is 16.3. The first kappa shape index (κ1) is 37.5. The molecule has 0 radical (unpaired) electrons. The lowest BCUT2D eigenvalue weighted by Crippen LogP contribution is -2.67. The van der Waals surface area contributed by atoms with Gasteiger partial charge in [0.05, 0.1) is 56.9 Å². The Morgan fingerprint density at radius 2 is 1.46 bits per heavy atom. The van der Waals surface area contributed by atoms with Crippen LogP contribution in [0.5, 0.6) is 0 Å². The molecule has 4 heterocycles. The molecule has 9 nitrogen and oxygen atoms in total. The third-order valence-electron chi connectivity index (χ3n) is 10.5. The fourth-order valence-electron chi connectivity index (χ4n) is 8.08. The topological polar surface area (TPSA) is 102 Å². The van der Waals surface area contributed by atoms with Crippen molar-refractivity contribution in [3.63, 3.8) is 0 Å². The number of carbonyl (C=O) groups is 1. The zero-order chi connectivity index (χ0) is 35.5. The molecular weight excluding hydrogens is 653 g/mol. The second kappa shape index (κ2) is 15.8. The lowest BCUT2D eigenvalue weighted by atomic mass is 9.91. The maximum Gasteiger partial charge on any atom is 0.349 e. The fourth-order valence-corrected chi connectivity index (χ4v) is 13.0. The summed E-state index contributed by atoms with van der Waals surface area (Å²) in [6.07, 6.45) is 1.02. The number of Topliss-reactive ketones (excluding diaryl/α,β-unsaturated/α-hetero) is 1. The van der Waals surface area contributed by atoms with E-state index < -0.39 is 33.0 Å². The Morgan fingerprint density at radius 3 is 2.12 bits per heavy atom. The SMILES string of the molecule is CC(C)(C)[Si]1(C(C)(C)C)OC[C@H]2O[C@H]3/C=C\CC(=O)[C@H](C[C@H]4O[C@@H](COCc5ccccc5)[C@H](OCc5ccccc5)C[C@@H]4O)O[C@@H]3C[C@@H]2O1. The quantitative estimate of drug-likeness (QED) is 0.228. The zero-order valence-corrected chi connectivity index (χ0v) is 31.5. The molecule has 4 aliphatic heterocycles. The van der Waals surface area contributed by atoms with Crippen LogP contribution in [-0.2, 0) is 50.5 Å². The number of benzene rings is 2. The van der Waals surface area contributed by atoms with Crippen LogP contribution in [0.15, 0.2) is 72.8 Å². The van der Waals surface area contributed by atoms with Gasteiger partial charge in [-0.1, -0.05) is 114 Å². The number of ether oxygens (including phenoxy) is 5. The van der Waals surface area contributed by atoms with Crippen molar-refractivity contribution in [1.29, 1.82) is 0 Å². The Kier molecular flexibility index (Phi) is 11.8. The molecule has 0 spiro atoms. The van der Waals surface area contributed by atoms with E-state index in [1.54, 1.807) is 0 Å². The van der Waals surface area contributed by atoms with Gasteiger partial charge in [-0.25, -0.2) is 0 Å². The van der Waals surface area contributed by atoms with Gasteiger partial charge in [0.2, 0.25) is 0 Å². The zero-order valence-electron chi connectivity index (χ0n) is 30.5. The molecule has 2 aromatic rings. The van der Waals surface area contributed by atoms with Crippen molar-refractivity contribution in [2.45, 2.75) is 145 Å². The van der Waals surface area contributed by atoms with Crippen molar-refractivity contribution in [3.8, 4) is 0 Å². The van der Waals surface area contributed by atoms with Crippen LogP contribution in [0.3, 0.4) is 0 Å². The van der Waals surface area contributed by atoms with Gasteiger partial charge in [0, 0.05) is 35.8 Å². The first-order valence-corrected chi connectivity index (χ1v) is 20.1.